The minimum absolute atomic E-state index is 0.0207. The molecular weight excluding hydrogens is 312 g/mol. The third-order valence-electron chi connectivity index (χ3n) is 4.20. The maximum Gasteiger partial charge on any atom is 0.231 e. The Bertz CT molecular complexity index is 756. The maximum absolute atomic E-state index is 12.4. The molecule has 0 fully saturated rings. The van der Waals surface area contributed by atoms with E-state index in [9.17, 15) is 4.79 Å². The van der Waals surface area contributed by atoms with Gasteiger partial charge in [0.1, 0.15) is 0 Å². The molecule has 1 atom stereocenters. The van der Waals surface area contributed by atoms with Crippen molar-refractivity contribution in [3.8, 4) is 11.5 Å². The van der Waals surface area contributed by atoms with Crippen molar-refractivity contribution in [3.63, 3.8) is 0 Å². The molecule has 0 saturated carbocycles. The summed E-state index contributed by atoms with van der Waals surface area (Å²) in [5, 5.41) is 4.21. The summed E-state index contributed by atoms with van der Waals surface area (Å²) in [7, 11) is 0. The molecule has 0 saturated heterocycles. The zero-order valence-corrected chi connectivity index (χ0v) is 13.7. The zero-order valence-electron chi connectivity index (χ0n) is 12.9. The van der Waals surface area contributed by atoms with E-state index in [-0.39, 0.29) is 18.7 Å². The van der Waals surface area contributed by atoms with Crippen molar-refractivity contribution in [2.24, 2.45) is 0 Å². The van der Waals surface area contributed by atoms with Gasteiger partial charge in [0.15, 0.2) is 11.5 Å². The number of nitrogens with one attached hydrogen (secondary N) is 1. The second-order valence-corrected chi connectivity index (χ2v) is 7.21. The molecule has 5 nitrogen and oxygen atoms in total. The SMILES string of the molecule is Cc1nc2c(s1)CCC[C@H]2NC(=O)Cc1ccc2c(c1)OCO2. The van der Waals surface area contributed by atoms with Gasteiger partial charge in [-0.25, -0.2) is 4.98 Å². The summed E-state index contributed by atoms with van der Waals surface area (Å²) in [6.45, 7) is 2.27. The van der Waals surface area contributed by atoms with Crippen molar-refractivity contribution in [1.82, 2.24) is 10.3 Å². The van der Waals surface area contributed by atoms with Crippen LogP contribution in [0.5, 0.6) is 11.5 Å². The summed E-state index contributed by atoms with van der Waals surface area (Å²) >= 11 is 1.75. The Balaban J connectivity index is 1.44. The number of amides is 1. The second kappa shape index (κ2) is 5.85. The largest absolute Gasteiger partial charge is 0.454 e. The number of hydrogen-bond donors (Lipinski definition) is 1. The van der Waals surface area contributed by atoms with Crippen molar-refractivity contribution in [3.05, 3.63) is 39.3 Å². The first-order valence-corrected chi connectivity index (χ1v) is 8.65. The van der Waals surface area contributed by atoms with E-state index in [4.69, 9.17) is 9.47 Å². The number of nitrogens with zero attached hydrogens (tertiary/aromatic N) is 1. The minimum Gasteiger partial charge on any atom is -0.454 e. The molecule has 1 aliphatic carbocycles. The topological polar surface area (TPSA) is 60.5 Å². The number of ether oxygens (including phenoxy) is 2. The molecule has 120 valence electrons. The lowest BCUT2D eigenvalue weighted by Crippen LogP contribution is -2.32. The fourth-order valence-corrected chi connectivity index (χ4v) is 4.20. The van der Waals surface area contributed by atoms with Crippen molar-refractivity contribution in [2.75, 3.05) is 6.79 Å². The predicted octanol–water partition coefficient (Wildman–Crippen LogP) is 2.92. The van der Waals surface area contributed by atoms with E-state index in [1.54, 1.807) is 11.3 Å². The van der Waals surface area contributed by atoms with Crippen LogP contribution in [0.25, 0.3) is 0 Å². The van der Waals surface area contributed by atoms with Gasteiger partial charge in [-0.05, 0) is 43.9 Å². The first-order chi connectivity index (χ1) is 11.2. The maximum atomic E-state index is 12.4. The highest BCUT2D eigenvalue weighted by molar-refractivity contribution is 7.11. The Morgan fingerprint density at radius 3 is 3.17 bits per heavy atom. The van der Waals surface area contributed by atoms with E-state index < -0.39 is 0 Å². The van der Waals surface area contributed by atoms with E-state index in [0.29, 0.717) is 12.2 Å². The molecule has 2 aliphatic rings. The molecule has 2 heterocycles. The highest BCUT2D eigenvalue weighted by atomic mass is 32.1. The lowest BCUT2D eigenvalue weighted by molar-refractivity contribution is -0.121. The molecule has 0 bridgehead atoms. The molecule has 1 amide bonds. The third-order valence-corrected chi connectivity index (χ3v) is 5.24. The number of thiazole rings is 1. The van der Waals surface area contributed by atoms with E-state index in [0.717, 1.165) is 41.3 Å². The molecule has 2 aromatic rings. The van der Waals surface area contributed by atoms with Crippen LogP contribution in [0.1, 0.15) is 40.0 Å². The van der Waals surface area contributed by atoms with E-state index in [2.05, 4.69) is 10.3 Å². The summed E-state index contributed by atoms with van der Waals surface area (Å²) in [6.07, 6.45) is 3.48. The average molecular weight is 330 g/mol. The number of aromatic nitrogens is 1. The van der Waals surface area contributed by atoms with E-state index in [1.165, 1.54) is 4.88 Å². The van der Waals surface area contributed by atoms with Crippen molar-refractivity contribution in [1.29, 1.82) is 0 Å². The van der Waals surface area contributed by atoms with Crippen LogP contribution in [-0.2, 0) is 17.6 Å². The monoisotopic (exact) mass is 330 g/mol. The smallest absolute Gasteiger partial charge is 0.231 e. The first kappa shape index (κ1) is 14.5. The van der Waals surface area contributed by atoms with Gasteiger partial charge in [-0.3, -0.25) is 4.79 Å². The van der Waals surface area contributed by atoms with Gasteiger partial charge >= 0.3 is 0 Å². The fraction of sp³-hybridized carbons (Fsp3) is 0.412. The Labute approximate surface area is 138 Å². The predicted molar refractivity (Wildman–Crippen MR) is 86.9 cm³/mol. The van der Waals surface area contributed by atoms with Crippen LogP contribution in [-0.4, -0.2) is 17.7 Å². The van der Waals surface area contributed by atoms with Gasteiger partial charge in [-0.2, -0.15) is 0 Å². The van der Waals surface area contributed by atoms with Gasteiger partial charge in [0.05, 0.1) is 23.2 Å². The Morgan fingerprint density at radius 1 is 1.39 bits per heavy atom. The number of benzene rings is 1. The molecule has 0 radical (unpaired) electrons. The fourth-order valence-electron chi connectivity index (χ4n) is 3.16. The summed E-state index contributed by atoms with van der Waals surface area (Å²) in [6, 6.07) is 5.69. The lowest BCUT2D eigenvalue weighted by atomic mass is 9.97. The Morgan fingerprint density at radius 2 is 2.26 bits per heavy atom. The molecule has 1 N–H and O–H groups in total. The average Bonchev–Trinajstić information content (AvgIpc) is 3.12. The van der Waals surface area contributed by atoms with Crippen LogP contribution >= 0.6 is 11.3 Å². The van der Waals surface area contributed by atoms with E-state index >= 15 is 0 Å². The molecule has 0 unspecified atom stereocenters. The quantitative estimate of drug-likeness (QED) is 0.940. The van der Waals surface area contributed by atoms with Crippen LogP contribution < -0.4 is 14.8 Å². The molecule has 0 spiro atoms. The van der Waals surface area contributed by atoms with Crippen molar-refractivity contribution >= 4 is 17.2 Å². The molecule has 1 aromatic heterocycles. The normalized spacial score (nSPS) is 18.6. The summed E-state index contributed by atoms with van der Waals surface area (Å²) in [5.41, 5.74) is 2.00. The van der Waals surface area contributed by atoms with Gasteiger partial charge in [0.25, 0.3) is 0 Å². The van der Waals surface area contributed by atoms with Gasteiger partial charge in [0.2, 0.25) is 12.7 Å². The van der Waals surface area contributed by atoms with Crippen molar-refractivity contribution < 1.29 is 14.3 Å². The Kier molecular flexibility index (Phi) is 3.69. The highest BCUT2D eigenvalue weighted by Gasteiger charge is 2.25. The third kappa shape index (κ3) is 2.91. The molecule has 1 aromatic carbocycles. The summed E-state index contributed by atoms with van der Waals surface area (Å²) in [5.74, 6) is 1.47. The Hall–Kier alpha value is -2.08. The summed E-state index contributed by atoms with van der Waals surface area (Å²) in [4.78, 5) is 18.3. The van der Waals surface area contributed by atoms with Gasteiger partial charge in [0, 0.05) is 4.88 Å². The van der Waals surface area contributed by atoms with E-state index in [1.807, 2.05) is 25.1 Å². The van der Waals surface area contributed by atoms with Gasteiger partial charge in [-0.15, -0.1) is 11.3 Å². The number of fused-ring (bicyclic) bond motifs is 2. The minimum atomic E-state index is 0.0207. The zero-order chi connectivity index (χ0) is 15.8. The number of rotatable bonds is 3. The molecule has 1 aliphatic heterocycles. The second-order valence-electron chi connectivity index (χ2n) is 5.92. The molecule has 23 heavy (non-hydrogen) atoms. The van der Waals surface area contributed by atoms with Crippen LogP contribution in [0.3, 0.4) is 0 Å². The highest BCUT2D eigenvalue weighted by Crippen LogP contribution is 2.34. The molecular formula is C17H18N2O3S. The summed E-state index contributed by atoms with van der Waals surface area (Å²) < 4.78 is 10.6. The molecule has 4 rings (SSSR count). The number of hydrogen-bond acceptors (Lipinski definition) is 5. The number of aryl methyl sites for hydroxylation is 2. The lowest BCUT2D eigenvalue weighted by Gasteiger charge is -2.22. The molecule has 6 heteroatoms. The standard InChI is InChI=1S/C17H18N2O3S/c1-10-18-17-12(3-2-4-15(17)23-10)19-16(20)8-11-5-6-13-14(7-11)22-9-21-13/h5-7,12H,2-4,8-9H2,1H3,(H,19,20)/t12-/m1/s1. The van der Waals surface area contributed by atoms with Gasteiger partial charge < -0.3 is 14.8 Å². The van der Waals surface area contributed by atoms with Gasteiger partial charge in [-0.1, -0.05) is 6.07 Å². The first-order valence-electron chi connectivity index (χ1n) is 7.83. The number of carbonyl (C=O) groups excluding carboxylic acids is 1. The number of carbonyl (C=O) groups is 1. The van der Waals surface area contributed by atoms with Crippen LogP contribution in [0.4, 0.5) is 0 Å². The van der Waals surface area contributed by atoms with Crippen LogP contribution in [0.2, 0.25) is 0 Å². The van der Waals surface area contributed by atoms with Crippen LogP contribution in [0.15, 0.2) is 18.2 Å². The van der Waals surface area contributed by atoms with Crippen molar-refractivity contribution in [2.45, 2.75) is 38.6 Å². The van der Waals surface area contributed by atoms with Crippen LogP contribution in [0, 0.1) is 6.92 Å².